The van der Waals surface area contributed by atoms with Crippen molar-refractivity contribution in [3.05, 3.63) is 0 Å². The first-order chi connectivity index (χ1) is 12.1. The molecular weight excluding hydrogens is 336 g/mol. The highest BCUT2D eigenvalue weighted by Gasteiger charge is 2.19. The van der Waals surface area contributed by atoms with E-state index in [4.69, 9.17) is 19.7 Å². The lowest BCUT2D eigenvalue weighted by Gasteiger charge is -2.20. The molecule has 6 heteroatoms. The Morgan fingerprint density at radius 2 is 0.962 bits per heavy atom. The number of ether oxygens (including phenoxy) is 2. The Balaban J connectivity index is 3.51. The van der Waals surface area contributed by atoms with Gasteiger partial charge in [0, 0.05) is 23.7 Å². The molecule has 154 valence electrons. The van der Waals surface area contributed by atoms with Crippen molar-refractivity contribution in [2.75, 3.05) is 26.4 Å². The van der Waals surface area contributed by atoms with E-state index in [0.717, 1.165) is 38.5 Å². The molecule has 0 aliphatic carbocycles. The van der Waals surface area contributed by atoms with Crippen LogP contribution in [0.25, 0.3) is 0 Å². The van der Waals surface area contributed by atoms with Gasteiger partial charge in [-0.15, -0.1) is 0 Å². The first-order valence-electron chi connectivity index (χ1n) is 9.65. The molecular formula is C20H38O6. The van der Waals surface area contributed by atoms with Crippen molar-refractivity contribution in [3.8, 4) is 0 Å². The highest BCUT2D eigenvalue weighted by Crippen LogP contribution is 2.16. The normalized spacial score (nSPS) is 12.1. The maximum atomic E-state index is 11.6. The maximum absolute atomic E-state index is 11.6. The Morgan fingerprint density at radius 3 is 1.27 bits per heavy atom. The lowest BCUT2D eigenvalue weighted by molar-refractivity contribution is -0.148. The number of hydrogen-bond donors (Lipinski definition) is 2. The summed E-state index contributed by atoms with van der Waals surface area (Å²) in [4.78, 5) is 23.2. The number of carbonyl (C=O) groups excluding carboxylic acids is 2. The molecule has 6 nitrogen and oxygen atoms in total. The van der Waals surface area contributed by atoms with Crippen molar-refractivity contribution in [2.24, 2.45) is 10.8 Å². The van der Waals surface area contributed by atoms with E-state index in [1.54, 1.807) is 0 Å². The first-order valence-corrected chi connectivity index (χ1v) is 9.65. The van der Waals surface area contributed by atoms with Crippen LogP contribution in [0.3, 0.4) is 0 Å². The van der Waals surface area contributed by atoms with Gasteiger partial charge < -0.3 is 19.7 Å². The van der Waals surface area contributed by atoms with Crippen LogP contribution in [-0.2, 0) is 19.1 Å². The second-order valence-electron chi connectivity index (χ2n) is 8.59. The van der Waals surface area contributed by atoms with Gasteiger partial charge in [-0.3, -0.25) is 9.59 Å². The average Bonchev–Trinajstić information content (AvgIpc) is 2.60. The summed E-state index contributed by atoms with van der Waals surface area (Å²) in [6, 6.07) is 0. The van der Waals surface area contributed by atoms with Crippen molar-refractivity contribution in [1.82, 2.24) is 0 Å². The number of unbranched alkanes of at least 4 members (excludes halogenated alkanes) is 5. The van der Waals surface area contributed by atoms with Crippen LogP contribution in [0.2, 0.25) is 0 Å². The zero-order chi connectivity index (χ0) is 20.1. The van der Waals surface area contributed by atoms with Gasteiger partial charge in [-0.1, -0.05) is 53.4 Å². The van der Waals surface area contributed by atoms with Crippen LogP contribution in [-0.4, -0.2) is 48.6 Å². The van der Waals surface area contributed by atoms with Crippen LogP contribution >= 0.6 is 0 Å². The van der Waals surface area contributed by atoms with Gasteiger partial charge in [0.2, 0.25) is 0 Å². The standard InChI is InChI=1S/C20H38O6/c1-19(2,13-21)15-25-17(23)11-9-7-5-6-8-10-12-18(24)26-16-20(3,4)14-22/h21-22H,5-16H2,1-4H3. The van der Waals surface area contributed by atoms with E-state index >= 15 is 0 Å². The second-order valence-corrected chi connectivity index (χ2v) is 8.59. The summed E-state index contributed by atoms with van der Waals surface area (Å²) in [5, 5.41) is 18.2. The molecule has 0 unspecified atom stereocenters. The largest absolute Gasteiger partial charge is 0.465 e. The van der Waals surface area contributed by atoms with Gasteiger partial charge in [0.25, 0.3) is 0 Å². The average molecular weight is 375 g/mol. The predicted octanol–water partition coefficient (Wildman–Crippen LogP) is 3.23. The van der Waals surface area contributed by atoms with Crippen LogP contribution in [0.1, 0.15) is 79.1 Å². The van der Waals surface area contributed by atoms with E-state index < -0.39 is 0 Å². The minimum atomic E-state index is -0.384. The highest BCUT2D eigenvalue weighted by atomic mass is 16.5. The summed E-state index contributed by atoms with van der Waals surface area (Å²) in [5.74, 6) is -0.417. The number of rotatable bonds is 15. The molecule has 0 aromatic heterocycles. The summed E-state index contributed by atoms with van der Waals surface area (Å²) in [6.07, 6.45) is 6.42. The Labute approximate surface area is 158 Å². The first kappa shape index (κ1) is 24.9. The Kier molecular flexibility index (Phi) is 12.5. The van der Waals surface area contributed by atoms with Crippen molar-refractivity contribution >= 4 is 11.9 Å². The van der Waals surface area contributed by atoms with Gasteiger partial charge in [-0.2, -0.15) is 0 Å². The fourth-order valence-corrected chi connectivity index (χ4v) is 2.03. The van der Waals surface area contributed by atoms with Crippen LogP contribution in [0, 0.1) is 10.8 Å². The summed E-state index contributed by atoms with van der Waals surface area (Å²) in [6.45, 7) is 7.88. The van der Waals surface area contributed by atoms with Crippen LogP contribution in [0.15, 0.2) is 0 Å². The Morgan fingerprint density at radius 1 is 0.654 bits per heavy atom. The molecule has 0 bridgehead atoms. The number of carbonyl (C=O) groups is 2. The number of aliphatic hydroxyl groups excluding tert-OH is 2. The van der Waals surface area contributed by atoms with E-state index in [1.807, 2.05) is 27.7 Å². The monoisotopic (exact) mass is 374 g/mol. The van der Waals surface area contributed by atoms with Crippen LogP contribution < -0.4 is 0 Å². The van der Waals surface area contributed by atoms with E-state index in [9.17, 15) is 9.59 Å². The van der Waals surface area contributed by atoms with Gasteiger partial charge in [-0.05, 0) is 12.8 Å². The van der Waals surface area contributed by atoms with E-state index in [0.29, 0.717) is 12.8 Å². The number of esters is 2. The predicted molar refractivity (Wildman–Crippen MR) is 101 cm³/mol. The van der Waals surface area contributed by atoms with Crippen molar-refractivity contribution in [1.29, 1.82) is 0 Å². The van der Waals surface area contributed by atoms with Gasteiger partial charge in [0.1, 0.15) is 0 Å². The molecule has 0 fully saturated rings. The van der Waals surface area contributed by atoms with Gasteiger partial charge in [0.15, 0.2) is 0 Å². The zero-order valence-electron chi connectivity index (χ0n) is 17.0. The van der Waals surface area contributed by atoms with Crippen molar-refractivity contribution in [3.63, 3.8) is 0 Å². The van der Waals surface area contributed by atoms with Crippen LogP contribution in [0.4, 0.5) is 0 Å². The van der Waals surface area contributed by atoms with Crippen LogP contribution in [0.5, 0.6) is 0 Å². The van der Waals surface area contributed by atoms with Gasteiger partial charge in [-0.25, -0.2) is 0 Å². The quantitative estimate of drug-likeness (QED) is 0.338. The summed E-state index contributed by atoms with van der Waals surface area (Å²) < 4.78 is 10.3. The van der Waals surface area contributed by atoms with E-state index in [-0.39, 0.29) is 49.2 Å². The fourth-order valence-electron chi connectivity index (χ4n) is 2.03. The third-order valence-electron chi connectivity index (χ3n) is 4.12. The minimum Gasteiger partial charge on any atom is -0.465 e. The zero-order valence-corrected chi connectivity index (χ0v) is 17.0. The molecule has 0 heterocycles. The fraction of sp³-hybridized carbons (Fsp3) is 0.900. The van der Waals surface area contributed by atoms with E-state index in [1.165, 1.54) is 0 Å². The molecule has 0 rings (SSSR count). The highest BCUT2D eigenvalue weighted by molar-refractivity contribution is 5.69. The smallest absolute Gasteiger partial charge is 0.305 e. The summed E-state index contributed by atoms with van der Waals surface area (Å²) in [5.41, 5.74) is -0.769. The third-order valence-corrected chi connectivity index (χ3v) is 4.12. The minimum absolute atomic E-state index is 0.00693. The molecule has 0 aliphatic rings. The van der Waals surface area contributed by atoms with Crippen molar-refractivity contribution < 1.29 is 29.3 Å². The molecule has 0 atom stereocenters. The Bertz CT molecular complexity index is 365. The summed E-state index contributed by atoms with van der Waals surface area (Å²) >= 11 is 0. The number of aliphatic hydroxyl groups is 2. The SMILES string of the molecule is CC(C)(CO)COC(=O)CCCCCCCCC(=O)OCC(C)(C)CO. The molecule has 0 amide bonds. The van der Waals surface area contributed by atoms with E-state index in [2.05, 4.69) is 0 Å². The third kappa shape index (κ3) is 14.1. The molecule has 0 radical (unpaired) electrons. The summed E-state index contributed by atoms with van der Waals surface area (Å²) in [7, 11) is 0. The number of hydrogen-bond acceptors (Lipinski definition) is 6. The molecule has 2 N–H and O–H groups in total. The van der Waals surface area contributed by atoms with Crippen molar-refractivity contribution in [2.45, 2.75) is 79.1 Å². The second kappa shape index (κ2) is 13.1. The lowest BCUT2D eigenvalue weighted by Crippen LogP contribution is -2.25. The molecule has 0 aromatic carbocycles. The lowest BCUT2D eigenvalue weighted by atomic mass is 9.96. The topological polar surface area (TPSA) is 93.1 Å². The van der Waals surface area contributed by atoms with Gasteiger partial charge in [0.05, 0.1) is 26.4 Å². The molecule has 0 aliphatic heterocycles. The Hall–Kier alpha value is -1.14. The maximum Gasteiger partial charge on any atom is 0.305 e. The molecule has 26 heavy (non-hydrogen) atoms. The molecule has 0 spiro atoms. The van der Waals surface area contributed by atoms with Gasteiger partial charge >= 0.3 is 11.9 Å². The molecule has 0 saturated carbocycles. The molecule has 0 aromatic rings. The molecule has 0 saturated heterocycles.